The first-order valence-corrected chi connectivity index (χ1v) is 7.93. The third-order valence-electron chi connectivity index (χ3n) is 3.89. The van der Waals surface area contributed by atoms with Crippen molar-refractivity contribution in [3.05, 3.63) is 0 Å². The molecule has 8 N–H and O–H groups in total. The fourth-order valence-corrected chi connectivity index (χ4v) is 2.59. The van der Waals surface area contributed by atoms with Crippen molar-refractivity contribution in [2.24, 2.45) is 11.5 Å². The van der Waals surface area contributed by atoms with Gasteiger partial charge >= 0.3 is 5.97 Å². The van der Waals surface area contributed by atoms with Gasteiger partial charge < -0.3 is 37.2 Å². The average molecular weight is 373 g/mol. The smallest absolute Gasteiger partial charge is 0.326 e. The number of hydrogen-bond acceptors (Lipinski definition) is 7. The van der Waals surface area contributed by atoms with Crippen molar-refractivity contribution in [3.63, 3.8) is 0 Å². The highest BCUT2D eigenvalue weighted by molar-refractivity contribution is 5.94. The number of aliphatic hydroxyl groups excluding tert-OH is 1. The van der Waals surface area contributed by atoms with Gasteiger partial charge in [0.25, 0.3) is 0 Å². The van der Waals surface area contributed by atoms with Gasteiger partial charge in [-0.25, -0.2) is 4.79 Å². The predicted molar refractivity (Wildman–Crippen MR) is 86.2 cm³/mol. The summed E-state index contributed by atoms with van der Waals surface area (Å²) in [6, 6.07) is -3.87. The lowest BCUT2D eigenvalue weighted by atomic mass is 10.1. The number of nitrogens with two attached hydrogens (primary N) is 2. The van der Waals surface area contributed by atoms with Crippen LogP contribution in [0.5, 0.6) is 0 Å². The highest BCUT2D eigenvalue weighted by atomic mass is 16.4. The summed E-state index contributed by atoms with van der Waals surface area (Å²) in [6.45, 7) is -0.719. The molecule has 0 aromatic rings. The molecule has 0 aromatic heterocycles. The molecule has 1 aliphatic rings. The van der Waals surface area contributed by atoms with Crippen LogP contribution in [-0.2, 0) is 24.0 Å². The summed E-state index contributed by atoms with van der Waals surface area (Å²) >= 11 is 0. The molecule has 3 unspecified atom stereocenters. The first-order valence-electron chi connectivity index (χ1n) is 7.93. The molecule has 26 heavy (non-hydrogen) atoms. The predicted octanol–water partition coefficient (Wildman–Crippen LogP) is -4.14. The van der Waals surface area contributed by atoms with E-state index in [1.807, 2.05) is 5.32 Å². The zero-order valence-corrected chi connectivity index (χ0v) is 14.0. The Bertz CT molecular complexity index is 582. The van der Waals surface area contributed by atoms with Crippen LogP contribution in [0.2, 0.25) is 0 Å². The fourth-order valence-electron chi connectivity index (χ4n) is 2.59. The van der Waals surface area contributed by atoms with E-state index < -0.39 is 60.8 Å². The number of carboxylic acid groups (broad SMARTS) is 1. The zero-order valence-electron chi connectivity index (χ0n) is 14.0. The van der Waals surface area contributed by atoms with Crippen molar-refractivity contribution in [1.29, 1.82) is 0 Å². The lowest BCUT2D eigenvalue weighted by molar-refractivity contribution is -0.144. The minimum atomic E-state index is -1.59. The van der Waals surface area contributed by atoms with E-state index in [0.29, 0.717) is 19.4 Å². The molecular formula is C14H23N5O7. The number of carboxylic acids is 1. The first-order chi connectivity index (χ1) is 12.2. The topological polar surface area (TPSA) is 205 Å². The van der Waals surface area contributed by atoms with Crippen LogP contribution in [0.25, 0.3) is 0 Å². The molecular weight excluding hydrogens is 350 g/mol. The third kappa shape index (κ3) is 5.67. The molecule has 146 valence electrons. The molecule has 0 saturated carbocycles. The van der Waals surface area contributed by atoms with E-state index in [-0.39, 0.29) is 6.54 Å². The average Bonchev–Trinajstić information content (AvgIpc) is 3.07. The Balaban J connectivity index is 2.74. The number of aliphatic hydroxyl groups is 1. The molecule has 0 bridgehead atoms. The molecule has 1 heterocycles. The Labute approximate surface area is 148 Å². The highest BCUT2D eigenvalue weighted by Gasteiger charge is 2.35. The molecule has 0 spiro atoms. The van der Waals surface area contributed by atoms with Crippen LogP contribution in [0, 0.1) is 0 Å². The van der Waals surface area contributed by atoms with Crippen LogP contribution in [0.1, 0.15) is 19.3 Å². The Kier molecular flexibility index (Phi) is 7.93. The number of nitrogens with one attached hydrogen (secondary N) is 2. The first kappa shape index (κ1) is 21.3. The van der Waals surface area contributed by atoms with Crippen molar-refractivity contribution in [3.8, 4) is 0 Å². The Morgan fingerprint density at radius 2 is 1.81 bits per heavy atom. The number of hydrogen-bond donors (Lipinski definition) is 6. The molecule has 3 atom stereocenters. The Morgan fingerprint density at radius 3 is 2.31 bits per heavy atom. The Morgan fingerprint density at radius 1 is 1.15 bits per heavy atom. The van der Waals surface area contributed by atoms with Crippen LogP contribution in [0.4, 0.5) is 0 Å². The fraction of sp³-hybridized carbons (Fsp3) is 0.643. The molecule has 12 nitrogen and oxygen atoms in total. The number of carbonyl (C=O) groups is 5. The van der Waals surface area contributed by atoms with Gasteiger partial charge in [0, 0.05) is 6.54 Å². The van der Waals surface area contributed by atoms with Crippen LogP contribution >= 0.6 is 0 Å². The molecule has 12 heteroatoms. The maximum atomic E-state index is 12.3. The summed E-state index contributed by atoms with van der Waals surface area (Å²) in [5.41, 5.74) is 10.2. The molecule has 1 fully saturated rings. The number of amides is 4. The van der Waals surface area contributed by atoms with Crippen LogP contribution in [-0.4, -0.2) is 82.5 Å². The summed E-state index contributed by atoms with van der Waals surface area (Å²) in [4.78, 5) is 59.3. The lowest BCUT2D eigenvalue weighted by Crippen LogP contribution is -2.57. The van der Waals surface area contributed by atoms with Gasteiger partial charge in [-0.3, -0.25) is 19.2 Å². The molecule has 1 rings (SSSR count). The minimum absolute atomic E-state index is 0.263. The normalized spacial score (nSPS) is 18.7. The molecule has 0 radical (unpaired) electrons. The standard InChI is InChI=1S/C14H23N5O7/c15-5-11(22)19-3-1-2-9(19)13(24)18-8(6-20)12(23)17-7(14(25)26)4-10(16)21/h7-9,20H,1-6,15H2,(H2,16,21)(H,17,23)(H,18,24)(H,25,26). The quantitative estimate of drug-likeness (QED) is 0.233. The number of aliphatic carboxylic acids is 1. The number of primary amides is 1. The summed E-state index contributed by atoms with van der Waals surface area (Å²) in [7, 11) is 0. The third-order valence-corrected chi connectivity index (χ3v) is 3.89. The maximum Gasteiger partial charge on any atom is 0.326 e. The van der Waals surface area contributed by atoms with Gasteiger partial charge in [-0.2, -0.15) is 0 Å². The number of nitrogens with zero attached hydrogens (tertiary/aromatic N) is 1. The summed E-state index contributed by atoms with van der Waals surface area (Å²) in [5.74, 6) is -4.51. The van der Waals surface area contributed by atoms with Crippen LogP contribution in [0.15, 0.2) is 0 Å². The number of likely N-dealkylation sites (tertiary alicyclic amines) is 1. The van der Waals surface area contributed by atoms with Crippen molar-refractivity contribution in [2.45, 2.75) is 37.4 Å². The van der Waals surface area contributed by atoms with Crippen molar-refractivity contribution in [2.75, 3.05) is 19.7 Å². The Hall–Kier alpha value is -2.73. The largest absolute Gasteiger partial charge is 0.480 e. The van der Waals surface area contributed by atoms with E-state index in [2.05, 4.69) is 5.32 Å². The second kappa shape index (κ2) is 9.68. The van der Waals surface area contributed by atoms with Gasteiger partial charge in [0.05, 0.1) is 19.6 Å². The second-order valence-electron chi connectivity index (χ2n) is 5.76. The highest BCUT2D eigenvalue weighted by Crippen LogP contribution is 2.17. The summed E-state index contributed by atoms with van der Waals surface area (Å²) in [5, 5.41) is 22.6. The van der Waals surface area contributed by atoms with E-state index in [1.165, 1.54) is 4.90 Å². The van der Waals surface area contributed by atoms with E-state index in [1.54, 1.807) is 0 Å². The maximum absolute atomic E-state index is 12.3. The minimum Gasteiger partial charge on any atom is -0.480 e. The summed E-state index contributed by atoms with van der Waals surface area (Å²) in [6.07, 6.45) is 0.310. The van der Waals surface area contributed by atoms with E-state index in [9.17, 15) is 29.1 Å². The molecule has 1 aliphatic heterocycles. The van der Waals surface area contributed by atoms with Crippen molar-refractivity contribution < 1.29 is 34.2 Å². The van der Waals surface area contributed by atoms with Gasteiger partial charge in [-0.1, -0.05) is 0 Å². The monoisotopic (exact) mass is 373 g/mol. The van der Waals surface area contributed by atoms with Crippen LogP contribution in [0.3, 0.4) is 0 Å². The van der Waals surface area contributed by atoms with Crippen LogP contribution < -0.4 is 22.1 Å². The number of carbonyl (C=O) groups excluding carboxylic acids is 4. The van der Waals surface area contributed by atoms with Crippen molar-refractivity contribution >= 4 is 29.6 Å². The van der Waals surface area contributed by atoms with Gasteiger partial charge in [0.15, 0.2) is 0 Å². The zero-order chi connectivity index (χ0) is 19.9. The molecule has 0 aromatic carbocycles. The van der Waals surface area contributed by atoms with E-state index in [4.69, 9.17) is 16.6 Å². The molecule has 1 saturated heterocycles. The van der Waals surface area contributed by atoms with Gasteiger partial charge in [-0.05, 0) is 12.8 Å². The van der Waals surface area contributed by atoms with Gasteiger partial charge in [-0.15, -0.1) is 0 Å². The van der Waals surface area contributed by atoms with Crippen molar-refractivity contribution in [1.82, 2.24) is 15.5 Å². The molecule has 4 amide bonds. The van der Waals surface area contributed by atoms with Gasteiger partial charge in [0.1, 0.15) is 18.1 Å². The van der Waals surface area contributed by atoms with E-state index >= 15 is 0 Å². The number of rotatable bonds is 9. The van der Waals surface area contributed by atoms with E-state index in [0.717, 1.165) is 0 Å². The second-order valence-corrected chi connectivity index (χ2v) is 5.76. The lowest BCUT2D eigenvalue weighted by Gasteiger charge is -2.26. The SMILES string of the molecule is NCC(=O)N1CCCC1C(=O)NC(CO)C(=O)NC(CC(N)=O)C(=O)O. The summed E-state index contributed by atoms with van der Waals surface area (Å²) < 4.78 is 0. The molecule has 0 aliphatic carbocycles. The van der Waals surface area contributed by atoms with Gasteiger partial charge in [0.2, 0.25) is 23.6 Å².